The van der Waals surface area contributed by atoms with Crippen LogP contribution in [0, 0.1) is 18.7 Å². The van der Waals surface area contributed by atoms with Gasteiger partial charge in [-0.3, -0.25) is 0 Å². The van der Waals surface area contributed by atoms with Gasteiger partial charge in [0, 0.05) is 11.1 Å². The van der Waals surface area contributed by atoms with Gasteiger partial charge in [-0.15, -0.1) is 11.3 Å². The Morgan fingerprint density at radius 2 is 2.00 bits per heavy atom. The average Bonchev–Trinajstić information content (AvgIpc) is 3.27. The van der Waals surface area contributed by atoms with Crippen LogP contribution in [0.2, 0.25) is 0 Å². The van der Waals surface area contributed by atoms with Gasteiger partial charge in [0.1, 0.15) is 10.8 Å². The van der Waals surface area contributed by atoms with Crippen molar-refractivity contribution < 1.29 is 9.18 Å². The summed E-state index contributed by atoms with van der Waals surface area (Å²) in [5, 5.41) is 8.93. The van der Waals surface area contributed by atoms with Gasteiger partial charge in [-0.05, 0) is 50.3 Å². The largest absolute Gasteiger partial charge is 0.332 e. The summed E-state index contributed by atoms with van der Waals surface area (Å²) in [4.78, 5) is 16.8. The minimum atomic E-state index is -0.279. The zero-order valence-corrected chi connectivity index (χ0v) is 14.0. The van der Waals surface area contributed by atoms with Gasteiger partial charge in [-0.25, -0.2) is 14.2 Å². The molecule has 0 aliphatic heterocycles. The number of carbonyl (C=O) groups excluding carboxylic acids is 1. The highest BCUT2D eigenvalue weighted by Crippen LogP contribution is 2.41. The third kappa shape index (κ3) is 4.07. The van der Waals surface area contributed by atoms with Crippen molar-refractivity contribution >= 4 is 17.4 Å². The molecule has 2 aromatic rings. The number of amides is 2. The molecular formula is C17H20FN3OS. The summed E-state index contributed by atoms with van der Waals surface area (Å²) in [7, 11) is 0. The van der Waals surface area contributed by atoms with E-state index in [1.807, 2.05) is 19.2 Å². The molecule has 1 fully saturated rings. The zero-order chi connectivity index (χ0) is 16.4. The van der Waals surface area contributed by atoms with Crippen molar-refractivity contribution in [2.45, 2.75) is 38.8 Å². The van der Waals surface area contributed by atoms with E-state index in [2.05, 4.69) is 15.6 Å². The molecule has 1 aromatic carbocycles. The third-order valence-corrected chi connectivity index (χ3v) is 5.05. The highest BCUT2D eigenvalue weighted by atomic mass is 32.1. The Hall–Kier alpha value is -1.95. The van der Waals surface area contributed by atoms with Gasteiger partial charge < -0.3 is 10.6 Å². The van der Waals surface area contributed by atoms with Crippen molar-refractivity contribution in [2.75, 3.05) is 0 Å². The Balaban J connectivity index is 1.62. The fraction of sp³-hybridized carbons (Fsp3) is 0.412. The van der Waals surface area contributed by atoms with E-state index in [1.165, 1.54) is 12.1 Å². The van der Waals surface area contributed by atoms with Crippen molar-refractivity contribution in [1.29, 1.82) is 0 Å². The molecule has 2 atom stereocenters. The number of hydrogen-bond acceptors (Lipinski definition) is 3. The van der Waals surface area contributed by atoms with Crippen LogP contribution in [0.5, 0.6) is 0 Å². The summed E-state index contributed by atoms with van der Waals surface area (Å²) in [6, 6.07) is 5.74. The Morgan fingerprint density at radius 3 is 2.57 bits per heavy atom. The molecule has 1 saturated carbocycles. The normalized spacial score (nSPS) is 16.7. The molecule has 1 aliphatic carbocycles. The molecule has 0 radical (unpaired) electrons. The van der Waals surface area contributed by atoms with Crippen molar-refractivity contribution in [2.24, 2.45) is 5.92 Å². The number of nitrogens with one attached hydrogen (secondary N) is 2. The van der Waals surface area contributed by atoms with Crippen LogP contribution in [0.4, 0.5) is 9.18 Å². The van der Waals surface area contributed by atoms with Gasteiger partial charge in [-0.2, -0.15) is 0 Å². The van der Waals surface area contributed by atoms with Gasteiger partial charge in [0.15, 0.2) is 0 Å². The molecule has 2 N–H and O–H groups in total. The molecule has 1 aliphatic rings. The predicted octanol–water partition coefficient (Wildman–Crippen LogP) is 4.10. The maximum atomic E-state index is 13.0. The lowest BCUT2D eigenvalue weighted by Crippen LogP contribution is -2.39. The van der Waals surface area contributed by atoms with E-state index in [-0.39, 0.29) is 23.9 Å². The van der Waals surface area contributed by atoms with Gasteiger partial charge in [0.05, 0.1) is 12.1 Å². The third-order valence-electron chi connectivity index (χ3n) is 4.00. The topological polar surface area (TPSA) is 54.0 Å². The van der Waals surface area contributed by atoms with E-state index in [4.69, 9.17) is 0 Å². The second-order valence-electron chi connectivity index (χ2n) is 6.03. The highest BCUT2D eigenvalue weighted by Gasteiger charge is 2.35. The molecule has 2 amide bonds. The second kappa shape index (κ2) is 6.66. The van der Waals surface area contributed by atoms with Crippen molar-refractivity contribution in [1.82, 2.24) is 15.6 Å². The fourth-order valence-corrected chi connectivity index (χ4v) is 3.48. The van der Waals surface area contributed by atoms with Gasteiger partial charge in [0.25, 0.3) is 0 Å². The predicted molar refractivity (Wildman–Crippen MR) is 88.8 cm³/mol. The SMILES string of the molecule is Cc1csc([C@@H](NC(=O)N[C@@H](C)c2ccc(F)cc2)C2CC2)n1. The second-order valence-corrected chi connectivity index (χ2v) is 6.92. The van der Waals surface area contributed by atoms with Crippen LogP contribution >= 0.6 is 11.3 Å². The van der Waals surface area contributed by atoms with Crippen LogP contribution in [0.25, 0.3) is 0 Å². The first kappa shape index (κ1) is 15.9. The molecule has 0 bridgehead atoms. The number of hydrogen-bond donors (Lipinski definition) is 2. The maximum absolute atomic E-state index is 13.0. The van der Waals surface area contributed by atoms with Gasteiger partial charge in [0.2, 0.25) is 0 Å². The number of aromatic nitrogens is 1. The van der Waals surface area contributed by atoms with Crippen LogP contribution in [0.1, 0.15) is 48.1 Å². The van der Waals surface area contributed by atoms with Crippen LogP contribution in [-0.4, -0.2) is 11.0 Å². The summed E-state index contributed by atoms with van der Waals surface area (Å²) in [5.41, 5.74) is 1.85. The molecule has 1 heterocycles. The van der Waals surface area contributed by atoms with Crippen molar-refractivity contribution in [3.63, 3.8) is 0 Å². The zero-order valence-electron chi connectivity index (χ0n) is 13.2. The number of thiazole rings is 1. The van der Waals surface area contributed by atoms with E-state index in [9.17, 15) is 9.18 Å². The van der Waals surface area contributed by atoms with E-state index in [0.717, 1.165) is 29.1 Å². The number of benzene rings is 1. The molecule has 1 aromatic heterocycles. The van der Waals surface area contributed by atoms with Crippen molar-refractivity contribution in [3.05, 3.63) is 51.7 Å². The Labute approximate surface area is 139 Å². The quantitative estimate of drug-likeness (QED) is 0.865. The number of aryl methyl sites for hydroxylation is 1. The van der Waals surface area contributed by atoms with E-state index < -0.39 is 0 Å². The summed E-state index contributed by atoms with van der Waals surface area (Å²) in [5.74, 6) is 0.200. The van der Waals surface area contributed by atoms with Crippen LogP contribution in [0.3, 0.4) is 0 Å². The van der Waals surface area contributed by atoms with Crippen LogP contribution in [-0.2, 0) is 0 Å². The van der Waals surface area contributed by atoms with E-state index >= 15 is 0 Å². The molecule has 3 rings (SSSR count). The summed E-state index contributed by atoms with van der Waals surface area (Å²) in [6.45, 7) is 3.84. The number of urea groups is 1. The lowest BCUT2D eigenvalue weighted by Gasteiger charge is -2.19. The minimum absolute atomic E-state index is 0.0193. The Kier molecular flexibility index (Phi) is 4.61. The number of nitrogens with zero attached hydrogens (tertiary/aromatic N) is 1. The average molecular weight is 333 g/mol. The lowest BCUT2D eigenvalue weighted by molar-refractivity contribution is 0.232. The minimum Gasteiger partial charge on any atom is -0.332 e. The fourth-order valence-electron chi connectivity index (χ4n) is 2.54. The van der Waals surface area contributed by atoms with Crippen molar-refractivity contribution in [3.8, 4) is 0 Å². The van der Waals surface area contributed by atoms with Crippen LogP contribution < -0.4 is 10.6 Å². The molecule has 122 valence electrons. The summed E-state index contributed by atoms with van der Waals surface area (Å²) >= 11 is 1.59. The Morgan fingerprint density at radius 1 is 1.30 bits per heavy atom. The summed E-state index contributed by atoms with van der Waals surface area (Å²) < 4.78 is 13.0. The first-order chi connectivity index (χ1) is 11.0. The standard InChI is InChI=1S/C17H20FN3OS/c1-10-9-23-16(19-10)15(13-3-4-13)21-17(22)20-11(2)12-5-7-14(18)8-6-12/h5-9,11,13,15H,3-4H2,1-2H3,(H2,20,21,22)/t11-,15-/m0/s1. The molecule has 6 heteroatoms. The van der Waals surface area contributed by atoms with Gasteiger partial charge in [-0.1, -0.05) is 12.1 Å². The summed E-state index contributed by atoms with van der Waals surface area (Å²) in [6.07, 6.45) is 2.24. The maximum Gasteiger partial charge on any atom is 0.315 e. The molecule has 4 nitrogen and oxygen atoms in total. The number of rotatable bonds is 5. The Bertz CT molecular complexity index is 681. The number of carbonyl (C=O) groups is 1. The molecular weight excluding hydrogens is 313 g/mol. The molecule has 0 saturated heterocycles. The lowest BCUT2D eigenvalue weighted by atomic mass is 10.1. The van der Waals surface area contributed by atoms with Gasteiger partial charge >= 0.3 is 6.03 Å². The molecule has 23 heavy (non-hydrogen) atoms. The monoisotopic (exact) mass is 333 g/mol. The van der Waals surface area contributed by atoms with E-state index in [1.54, 1.807) is 23.5 Å². The highest BCUT2D eigenvalue weighted by molar-refractivity contribution is 7.09. The first-order valence-electron chi connectivity index (χ1n) is 7.77. The molecule has 0 unspecified atom stereocenters. The smallest absolute Gasteiger partial charge is 0.315 e. The molecule has 0 spiro atoms. The van der Waals surface area contributed by atoms with E-state index in [0.29, 0.717) is 5.92 Å². The first-order valence-corrected chi connectivity index (χ1v) is 8.65. The van der Waals surface area contributed by atoms with Crippen LogP contribution in [0.15, 0.2) is 29.6 Å². The number of halogens is 1.